The molecule has 2 heterocycles. The molecule has 1 aliphatic rings. The zero-order valence-electron chi connectivity index (χ0n) is 7.98. The van der Waals surface area contributed by atoms with Crippen molar-refractivity contribution in [2.24, 2.45) is 5.92 Å². The van der Waals surface area contributed by atoms with E-state index in [1.165, 1.54) is 12.8 Å². The Morgan fingerprint density at radius 2 is 2.36 bits per heavy atom. The summed E-state index contributed by atoms with van der Waals surface area (Å²) in [6.45, 7) is 1.07. The lowest BCUT2D eigenvalue weighted by Gasteiger charge is -2.01. The van der Waals surface area contributed by atoms with Gasteiger partial charge in [0.1, 0.15) is 6.33 Å². The summed E-state index contributed by atoms with van der Waals surface area (Å²) in [5, 5.41) is 3.40. The number of imidazole rings is 1. The number of fused-ring (bicyclic) bond motifs is 1. The van der Waals surface area contributed by atoms with Crippen molar-refractivity contribution >= 4 is 11.3 Å². The minimum absolute atomic E-state index is 0.885. The van der Waals surface area contributed by atoms with Crippen LogP contribution in [0.25, 0.3) is 5.52 Å². The largest absolute Gasteiger partial charge is 0.368 e. The number of hydrogen-bond donors (Lipinski definition) is 1. The van der Waals surface area contributed by atoms with Gasteiger partial charge in [0, 0.05) is 12.7 Å². The number of anilines is 1. The molecular formula is C11H13N3. The van der Waals surface area contributed by atoms with Crippen LogP contribution in [0.1, 0.15) is 12.8 Å². The second-order valence-electron chi connectivity index (χ2n) is 3.91. The van der Waals surface area contributed by atoms with Crippen LogP contribution in [0.5, 0.6) is 0 Å². The van der Waals surface area contributed by atoms with Crippen molar-refractivity contribution in [3.63, 3.8) is 0 Å². The van der Waals surface area contributed by atoms with E-state index in [0.29, 0.717) is 0 Å². The molecule has 2 aromatic rings. The van der Waals surface area contributed by atoms with Crippen molar-refractivity contribution in [2.75, 3.05) is 11.9 Å². The molecule has 0 spiro atoms. The van der Waals surface area contributed by atoms with Gasteiger partial charge < -0.3 is 9.72 Å². The smallest absolute Gasteiger partial charge is 0.152 e. The number of aromatic nitrogens is 2. The summed E-state index contributed by atoms with van der Waals surface area (Å²) in [5.41, 5.74) is 1.16. The minimum atomic E-state index is 0.885. The van der Waals surface area contributed by atoms with E-state index < -0.39 is 0 Å². The third-order valence-corrected chi connectivity index (χ3v) is 2.70. The first-order chi connectivity index (χ1) is 6.93. The van der Waals surface area contributed by atoms with Crippen molar-refractivity contribution in [3.8, 4) is 0 Å². The highest BCUT2D eigenvalue weighted by atomic mass is 15.1. The Labute approximate surface area is 82.8 Å². The van der Waals surface area contributed by atoms with Gasteiger partial charge in [0.05, 0.1) is 5.52 Å². The molecule has 1 N–H and O–H groups in total. The summed E-state index contributed by atoms with van der Waals surface area (Å²) in [5.74, 6) is 1.90. The van der Waals surface area contributed by atoms with Gasteiger partial charge in [0.15, 0.2) is 5.82 Å². The van der Waals surface area contributed by atoms with E-state index in [1.54, 1.807) is 0 Å². The third kappa shape index (κ3) is 1.35. The van der Waals surface area contributed by atoms with Gasteiger partial charge in [-0.1, -0.05) is 6.07 Å². The van der Waals surface area contributed by atoms with Crippen LogP contribution in [0, 0.1) is 5.92 Å². The molecule has 0 amide bonds. The lowest BCUT2D eigenvalue weighted by atomic mass is 10.4. The molecule has 72 valence electrons. The molecule has 1 aliphatic carbocycles. The molecule has 0 aliphatic heterocycles. The molecular weight excluding hydrogens is 174 g/mol. The molecule has 0 radical (unpaired) electrons. The maximum Gasteiger partial charge on any atom is 0.152 e. The average molecular weight is 187 g/mol. The van der Waals surface area contributed by atoms with Gasteiger partial charge in [-0.3, -0.25) is 0 Å². The second-order valence-corrected chi connectivity index (χ2v) is 3.91. The monoisotopic (exact) mass is 187 g/mol. The summed E-state index contributed by atoms with van der Waals surface area (Å²) in [6, 6.07) is 6.14. The molecule has 2 aromatic heterocycles. The average Bonchev–Trinajstić information content (AvgIpc) is 2.96. The Bertz CT molecular complexity index is 442. The number of rotatable bonds is 3. The van der Waals surface area contributed by atoms with Crippen LogP contribution < -0.4 is 5.32 Å². The predicted molar refractivity (Wildman–Crippen MR) is 56.4 cm³/mol. The number of nitrogens with zero attached hydrogens (tertiary/aromatic N) is 2. The van der Waals surface area contributed by atoms with Crippen LogP contribution in [0.3, 0.4) is 0 Å². The summed E-state index contributed by atoms with van der Waals surface area (Å²) in [4.78, 5) is 4.35. The fourth-order valence-electron chi connectivity index (χ4n) is 1.64. The summed E-state index contributed by atoms with van der Waals surface area (Å²) in [7, 11) is 0. The van der Waals surface area contributed by atoms with E-state index in [1.807, 2.05) is 29.1 Å². The van der Waals surface area contributed by atoms with E-state index in [2.05, 4.69) is 16.4 Å². The van der Waals surface area contributed by atoms with E-state index in [4.69, 9.17) is 0 Å². The van der Waals surface area contributed by atoms with E-state index >= 15 is 0 Å². The highest BCUT2D eigenvalue weighted by molar-refractivity contribution is 5.67. The Morgan fingerprint density at radius 1 is 1.43 bits per heavy atom. The Kier molecular flexibility index (Phi) is 1.69. The first-order valence-corrected chi connectivity index (χ1v) is 5.09. The lowest BCUT2D eigenvalue weighted by molar-refractivity contribution is 0.886. The quantitative estimate of drug-likeness (QED) is 0.797. The van der Waals surface area contributed by atoms with Crippen LogP contribution in [-0.2, 0) is 0 Å². The standard InChI is InChI=1S/C11H13N3/c1-2-6-14-8-13-11(10(14)3-1)12-7-9-4-5-9/h1-3,6,8-9,12H,4-5,7H2. The van der Waals surface area contributed by atoms with Crippen molar-refractivity contribution in [2.45, 2.75) is 12.8 Å². The van der Waals surface area contributed by atoms with Crippen LogP contribution in [0.2, 0.25) is 0 Å². The van der Waals surface area contributed by atoms with E-state index in [9.17, 15) is 0 Å². The van der Waals surface area contributed by atoms with Crippen LogP contribution >= 0.6 is 0 Å². The Hall–Kier alpha value is -1.51. The van der Waals surface area contributed by atoms with Gasteiger partial charge in [0.25, 0.3) is 0 Å². The normalized spacial score (nSPS) is 16.0. The van der Waals surface area contributed by atoms with Crippen LogP contribution in [0.15, 0.2) is 30.7 Å². The van der Waals surface area contributed by atoms with Crippen LogP contribution in [-0.4, -0.2) is 15.9 Å². The summed E-state index contributed by atoms with van der Waals surface area (Å²) >= 11 is 0. The first kappa shape index (κ1) is 7.85. The zero-order chi connectivity index (χ0) is 9.38. The molecule has 3 heteroatoms. The summed E-state index contributed by atoms with van der Waals surface area (Å²) < 4.78 is 2.04. The molecule has 3 rings (SSSR count). The van der Waals surface area contributed by atoms with Crippen molar-refractivity contribution in [1.29, 1.82) is 0 Å². The SMILES string of the molecule is c1ccn2cnc(NCC3CC3)c2c1. The highest BCUT2D eigenvalue weighted by Crippen LogP contribution is 2.29. The molecule has 0 saturated heterocycles. The van der Waals surface area contributed by atoms with Crippen molar-refractivity contribution in [1.82, 2.24) is 9.38 Å². The van der Waals surface area contributed by atoms with Crippen molar-refractivity contribution in [3.05, 3.63) is 30.7 Å². The van der Waals surface area contributed by atoms with E-state index in [0.717, 1.165) is 23.8 Å². The molecule has 0 bridgehead atoms. The highest BCUT2D eigenvalue weighted by Gasteiger charge is 2.21. The topological polar surface area (TPSA) is 29.3 Å². The Morgan fingerprint density at radius 3 is 3.21 bits per heavy atom. The molecule has 1 saturated carbocycles. The van der Waals surface area contributed by atoms with E-state index in [-0.39, 0.29) is 0 Å². The van der Waals surface area contributed by atoms with Crippen molar-refractivity contribution < 1.29 is 0 Å². The van der Waals surface area contributed by atoms with Gasteiger partial charge in [-0.2, -0.15) is 0 Å². The molecule has 1 fully saturated rings. The third-order valence-electron chi connectivity index (χ3n) is 2.70. The van der Waals surface area contributed by atoms with Gasteiger partial charge in [-0.05, 0) is 30.9 Å². The Balaban J connectivity index is 1.87. The maximum atomic E-state index is 4.35. The maximum absolute atomic E-state index is 4.35. The fourth-order valence-corrected chi connectivity index (χ4v) is 1.64. The van der Waals surface area contributed by atoms with Gasteiger partial charge >= 0.3 is 0 Å². The van der Waals surface area contributed by atoms with Crippen LogP contribution in [0.4, 0.5) is 5.82 Å². The van der Waals surface area contributed by atoms with Gasteiger partial charge in [-0.25, -0.2) is 4.98 Å². The molecule has 3 nitrogen and oxygen atoms in total. The minimum Gasteiger partial charge on any atom is -0.368 e. The molecule has 0 atom stereocenters. The first-order valence-electron chi connectivity index (χ1n) is 5.09. The number of nitrogens with one attached hydrogen (secondary N) is 1. The fraction of sp³-hybridized carbons (Fsp3) is 0.364. The van der Waals surface area contributed by atoms with Gasteiger partial charge in [0.2, 0.25) is 0 Å². The predicted octanol–water partition coefficient (Wildman–Crippen LogP) is 2.16. The summed E-state index contributed by atoms with van der Waals surface area (Å²) in [6.07, 6.45) is 6.62. The molecule has 14 heavy (non-hydrogen) atoms. The molecule has 0 unspecified atom stereocenters. The number of pyridine rings is 1. The number of hydrogen-bond acceptors (Lipinski definition) is 2. The van der Waals surface area contributed by atoms with Gasteiger partial charge in [-0.15, -0.1) is 0 Å². The zero-order valence-corrected chi connectivity index (χ0v) is 7.98. The lowest BCUT2D eigenvalue weighted by Crippen LogP contribution is -2.03. The molecule has 0 aromatic carbocycles. The second kappa shape index (κ2) is 3.01.